The highest BCUT2D eigenvalue weighted by molar-refractivity contribution is 5.79. The fraction of sp³-hybridized carbons (Fsp3) is 0.450. The van der Waals surface area contributed by atoms with Crippen LogP contribution < -0.4 is 0 Å². The SMILES string of the molecule is C/C(=C\c1ccno1)c1cc2c(cc1F)C(C)(C)CCC2(C)C. The number of nitrogens with zero attached hydrogens (tertiary/aromatic N) is 1. The summed E-state index contributed by atoms with van der Waals surface area (Å²) >= 11 is 0. The van der Waals surface area contributed by atoms with Crippen molar-refractivity contribution in [3.8, 4) is 0 Å². The predicted octanol–water partition coefficient (Wildman–Crippen LogP) is 5.72. The third kappa shape index (κ3) is 2.85. The van der Waals surface area contributed by atoms with Crippen molar-refractivity contribution in [3.63, 3.8) is 0 Å². The standard InChI is InChI=1S/C20H24FNO/c1-13(10-14-6-9-22-23-14)15-11-16-17(12-18(15)21)20(4,5)8-7-19(16,2)3/h6,9-12H,7-8H2,1-5H3/b13-10+. The Bertz CT molecular complexity index is 754. The topological polar surface area (TPSA) is 26.0 Å². The molecule has 0 radical (unpaired) electrons. The molecule has 0 bridgehead atoms. The number of hydrogen-bond acceptors (Lipinski definition) is 2. The van der Waals surface area contributed by atoms with E-state index in [1.54, 1.807) is 18.3 Å². The fourth-order valence-electron chi connectivity index (χ4n) is 3.48. The highest BCUT2D eigenvalue weighted by atomic mass is 19.1. The van der Waals surface area contributed by atoms with Crippen LogP contribution in [-0.2, 0) is 10.8 Å². The molecule has 0 aliphatic heterocycles. The van der Waals surface area contributed by atoms with E-state index in [0.29, 0.717) is 11.3 Å². The number of benzene rings is 1. The first-order valence-corrected chi connectivity index (χ1v) is 8.15. The molecule has 0 spiro atoms. The van der Waals surface area contributed by atoms with E-state index in [1.165, 1.54) is 5.56 Å². The highest BCUT2D eigenvalue weighted by Gasteiger charge is 2.37. The van der Waals surface area contributed by atoms with E-state index in [9.17, 15) is 4.39 Å². The predicted molar refractivity (Wildman–Crippen MR) is 91.7 cm³/mol. The van der Waals surface area contributed by atoms with Gasteiger partial charge in [-0.1, -0.05) is 32.9 Å². The fourth-order valence-corrected chi connectivity index (χ4v) is 3.48. The molecule has 0 unspecified atom stereocenters. The lowest BCUT2D eigenvalue weighted by atomic mass is 9.63. The van der Waals surface area contributed by atoms with Gasteiger partial charge in [0.05, 0.1) is 6.20 Å². The van der Waals surface area contributed by atoms with Gasteiger partial charge in [0.15, 0.2) is 5.76 Å². The number of hydrogen-bond donors (Lipinski definition) is 0. The molecule has 122 valence electrons. The van der Waals surface area contributed by atoms with Crippen LogP contribution in [0.4, 0.5) is 4.39 Å². The van der Waals surface area contributed by atoms with Gasteiger partial charge < -0.3 is 4.52 Å². The molecular formula is C20H24FNO. The van der Waals surface area contributed by atoms with E-state index in [4.69, 9.17) is 4.52 Å². The van der Waals surface area contributed by atoms with Gasteiger partial charge in [0.25, 0.3) is 0 Å². The van der Waals surface area contributed by atoms with E-state index in [2.05, 4.69) is 32.9 Å². The minimum Gasteiger partial charge on any atom is -0.357 e. The molecule has 2 aromatic rings. The maximum absolute atomic E-state index is 14.8. The van der Waals surface area contributed by atoms with Crippen molar-refractivity contribution in [1.82, 2.24) is 5.16 Å². The molecule has 3 rings (SSSR count). The molecule has 0 fully saturated rings. The van der Waals surface area contributed by atoms with E-state index in [-0.39, 0.29) is 16.6 Å². The van der Waals surface area contributed by atoms with E-state index in [0.717, 1.165) is 24.0 Å². The Morgan fingerprint density at radius 3 is 2.30 bits per heavy atom. The van der Waals surface area contributed by atoms with Crippen LogP contribution in [0.5, 0.6) is 0 Å². The summed E-state index contributed by atoms with van der Waals surface area (Å²) in [6, 6.07) is 5.55. The zero-order valence-electron chi connectivity index (χ0n) is 14.5. The first kappa shape index (κ1) is 16.0. The van der Waals surface area contributed by atoms with Gasteiger partial charge in [0.2, 0.25) is 0 Å². The van der Waals surface area contributed by atoms with Crippen molar-refractivity contribution in [2.75, 3.05) is 0 Å². The molecule has 1 aliphatic rings. The zero-order chi connectivity index (χ0) is 16.8. The summed E-state index contributed by atoms with van der Waals surface area (Å²) in [5.41, 5.74) is 3.98. The van der Waals surface area contributed by atoms with Gasteiger partial charge in [-0.3, -0.25) is 0 Å². The van der Waals surface area contributed by atoms with Crippen molar-refractivity contribution in [2.45, 2.75) is 58.3 Å². The van der Waals surface area contributed by atoms with Crippen LogP contribution in [0.1, 0.15) is 69.9 Å². The molecule has 1 aromatic heterocycles. The summed E-state index contributed by atoms with van der Waals surface area (Å²) in [6.45, 7) is 10.8. The molecule has 1 heterocycles. The van der Waals surface area contributed by atoms with Gasteiger partial charge in [-0.2, -0.15) is 0 Å². The van der Waals surface area contributed by atoms with Crippen LogP contribution in [0, 0.1) is 5.82 Å². The van der Waals surface area contributed by atoms with Gasteiger partial charge >= 0.3 is 0 Å². The van der Waals surface area contributed by atoms with Gasteiger partial charge in [-0.15, -0.1) is 0 Å². The van der Waals surface area contributed by atoms with Crippen LogP contribution in [0.3, 0.4) is 0 Å². The molecule has 1 aliphatic carbocycles. The first-order chi connectivity index (χ1) is 10.7. The summed E-state index contributed by atoms with van der Waals surface area (Å²) in [5.74, 6) is 0.474. The van der Waals surface area contributed by atoms with Gasteiger partial charge in [0.1, 0.15) is 5.82 Å². The number of allylic oxidation sites excluding steroid dienone is 1. The molecule has 0 atom stereocenters. The molecule has 0 saturated carbocycles. The van der Waals surface area contributed by atoms with Crippen LogP contribution in [0.2, 0.25) is 0 Å². The summed E-state index contributed by atoms with van der Waals surface area (Å²) in [4.78, 5) is 0. The smallest absolute Gasteiger partial charge is 0.159 e. The summed E-state index contributed by atoms with van der Waals surface area (Å²) < 4.78 is 19.9. The lowest BCUT2D eigenvalue weighted by Crippen LogP contribution is -2.34. The van der Waals surface area contributed by atoms with Crippen LogP contribution in [0.25, 0.3) is 11.6 Å². The molecule has 3 heteroatoms. The van der Waals surface area contributed by atoms with Crippen LogP contribution in [-0.4, -0.2) is 5.16 Å². The molecular weight excluding hydrogens is 289 g/mol. The lowest BCUT2D eigenvalue weighted by Gasteiger charge is -2.42. The van der Waals surface area contributed by atoms with Gasteiger partial charge in [-0.25, -0.2) is 4.39 Å². The molecule has 0 N–H and O–H groups in total. The maximum atomic E-state index is 14.8. The van der Waals surface area contributed by atoms with E-state index in [1.807, 2.05) is 19.1 Å². The first-order valence-electron chi connectivity index (χ1n) is 8.15. The van der Waals surface area contributed by atoms with Crippen molar-refractivity contribution in [2.24, 2.45) is 0 Å². The van der Waals surface area contributed by atoms with Crippen molar-refractivity contribution >= 4 is 11.6 Å². The van der Waals surface area contributed by atoms with Crippen molar-refractivity contribution in [3.05, 3.63) is 52.7 Å². The zero-order valence-corrected chi connectivity index (χ0v) is 14.5. The highest BCUT2D eigenvalue weighted by Crippen LogP contribution is 2.47. The quantitative estimate of drug-likeness (QED) is 0.708. The Labute approximate surface area is 137 Å². The van der Waals surface area contributed by atoms with Gasteiger partial charge in [0, 0.05) is 11.6 Å². The third-order valence-corrected chi connectivity index (χ3v) is 5.18. The lowest BCUT2D eigenvalue weighted by molar-refractivity contribution is 0.330. The molecule has 1 aromatic carbocycles. The Morgan fingerprint density at radius 2 is 1.74 bits per heavy atom. The monoisotopic (exact) mass is 313 g/mol. The second-order valence-corrected chi connectivity index (χ2v) is 7.89. The van der Waals surface area contributed by atoms with Crippen LogP contribution in [0.15, 0.2) is 28.9 Å². The minimum atomic E-state index is -0.164. The van der Waals surface area contributed by atoms with Crippen molar-refractivity contribution < 1.29 is 8.91 Å². The number of rotatable bonds is 2. The maximum Gasteiger partial charge on any atom is 0.159 e. The molecule has 0 amide bonds. The van der Waals surface area contributed by atoms with E-state index >= 15 is 0 Å². The average molecular weight is 313 g/mol. The summed E-state index contributed by atoms with van der Waals surface area (Å²) in [5, 5.41) is 3.69. The van der Waals surface area contributed by atoms with E-state index < -0.39 is 0 Å². The second-order valence-electron chi connectivity index (χ2n) is 7.89. The summed E-state index contributed by atoms with van der Waals surface area (Å²) in [6.07, 6.45) is 5.62. The number of fused-ring (bicyclic) bond motifs is 1. The Balaban J connectivity index is 2.14. The summed E-state index contributed by atoms with van der Waals surface area (Å²) in [7, 11) is 0. The Hall–Kier alpha value is -1.90. The molecule has 0 saturated heterocycles. The number of halogens is 1. The van der Waals surface area contributed by atoms with Crippen LogP contribution >= 0.6 is 0 Å². The largest absolute Gasteiger partial charge is 0.357 e. The Kier molecular flexibility index (Phi) is 3.70. The Morgan fingerprint density at radius 1 is 1.13 bits per heavy atom. The third-order valence-electron chi connectivity index (χ3n) is 5.18. The van der Waals surface area contributed by atoms with Gasteiger partial charge in [-0.05, 0) is 65.5 Å². The average Bonchev–Trinajstić information content (AvgIpc) is 2.96. The minimum absolute atomic E-state index is 0.0206. The molecule has 23 heavy (non-hydrogen) atoms. The normalized spacial score (nSPS) is 19.5. The molecule has 2 nitrogen and oxygen atoms in total. The van der Waals surface area contributed by atoms with Crippen molar-refractivity contribution in [1.29, 1.82) is 0 Å². The second kappa shape index (κ2) is 5.33. The number of aromatic nitrogens is 1.